The van der Waals surface area contributed by atoms with E-state index in [0.717, 1.165) is 24.2 Å². The molecule has 0 radical (unpaired) electrons. The average molecular weight is 240 g/mol. The molecule has 2 rings (SSSR count). The van der Waals surface area contributed by atoms with Crippen molar-refractivity contribution in [3.8, 4) is 0 Å². The first-order valence-corrected chi connectivity index (χ1v) is 5.98. The van der Waals surface area contributed by atoms with Gasteiger partial charge in [0.1, 0.15) is 0 Å². The lowest BCUT2D eigenvalue weighted by Crippen LogP contribution is -2.35. The number of amides is 1. The fourth-order valence-electron chi connectivity index (χ4n) is 1.71. The van der Waals surface area contributed by atoms with Gasteiger partial charge in [0.15, 0.2) is 0 Å². The van der Waals surface area contributed by atoms with Gasteiger partial charge in [-0.05, 0) is 19.8 Å². The second-order valence-electron chi connectivity index (χ2n) is 3.68. The van der Waals surface area contributed by atoms with Crippen LogP contribution < -0.4 is 0 Å². The molecule has 0 aliphatic carbocycles. The molecule has 1 atom stereocenters. The Hall–Kier alpha value is -1.43. The molecule has 1 aliphatic heterocycles. The van der Waals surface area contributed by atoms with Crippen LogP contribution in [0.3, 0.4) is 0 Å². The monoisotopic (exact) mass is 240 g/mol. The molecule has 1 amide bonds. The Bertz CT molecular complexity index is 391. The molecule has 2 heterocycles. The van der Waals surface area contributed by atoms with E-state index < -0.39 is 12.1 Å². The van der Waals surface area contributed by atoms with Crippen molar-refractivity contribution in [2.75, 3.05) is 6.54 Å². The lowest BCUT2D eigenvalue weighted by Gasteiger charge is -2.19. The van der Waals surface area contributed by atoms with Crippen molar-refractivity contribution >= 4 is 23.4 Å². The molecule has 0 spiro atoms. The molecule has 1 aliphatic rings. The summed E-state index contributed by atoms with van der Waals surface area (Å²) in [4.78, 5) is 28.4. The van der Waals surface area contributed by atoms with Crippen molar-refractivity contribution in [1.29, 1.82) is 0 Å². The van der Waals surface area contributed by atoms with Gasteiger partial charge in [-0.1, -0.05) is 0 Å². The minimum atomic E-state index is -0.668. The number of esters is 1. The second kappa shape index (κ2) is 4.61. The van der Waals surface area contributed by atoms with Crippen LogP contribution in [0.1, 0.15) is 29.6 Å². The molecule has 0 N–H and O–H groups in total. The lowest BCUT2D eigenvalue weighted by atomic mass is 10.2. The summed E-state index contributed by atoms with van der Waals surface area (Å²) in [5, 5.41) is 1.87. The molecule has 1 unspecified atom stereocenters. The number of carbonyl (C=O) groups excluding carboxylic acids is 2. The first kappa shape index (κ1) is 11.1. The summed E-state index contributed by atoms with van der Waals surface area (Å²) < 4.78 is 4.75. The Morgan fingerprint density at radius 2 is 2.44 bits per heavy atom. The van der Waals surface area contributed by atoms with Gasteiger partial charge >= 0.3 is 12.1 Å². The summed E-state index contributed by atoms with van der Waals surface area (Å²) in [7, 11) is 0. The molecule has 0 saturated carbocycles. The quantitative estimate of drug-likeness (QED) is 0.555. The van der Waals surface area contributed by atoms with E-state index in [1.54, 1.807) is 10.3 Å². The smallest absolute Gasteiger partial charge is 0.371 e. The Labute approximate surface area is 97.0 Å². The van der Waals surface area contributed by atoms with Gasteiger partial charge in [-0.25, -0.2) is 14.6 Å². The maximum Gasteiger partial charge on any atom is 0.418 e. The summed E-state index contributed by atoms with van der Waals surface area (Å²) in [6, 6.07) is 0.150. The molecular weight excluding hydrogens is 228 g/mol. The summed E-state index contributed by atoms with van der Waals surface area (Å²) >= 11 is 1.16. The number of hydrogen-bond donors (Lipinski definition) is 0. The van der Waals surface area contributed by atoms with Gasteiger partial charge in [0.25, 0.3) is 0 Å². The van der Waals surface area contributed by atoms with Crippen molar-refractivity contribution in [1.82, 2.24) is 9.88 Å². The largest absolute Gasteiger partial charge is 0.418 e. The highest BCUT2D eigenvalue weighted by Gasteiger charge is 2.28. The third-order valence-electron chi connectivity index (χ3n) is 2.57. The number of rotatable bonds is 1. The zero-order valence-electron chi connectivity index (χ0n) is 8.88. The zero-order valence-corrected chi connectivity index (χ0v) is 9.70. The van der Waals surface area contributed by atoms with Crippen LogP contribution in [0.2, 0.25) is 0 Å². The molecule has 1 aromatic heterocycles. The SMILES string of the molecule is CC1CCCN1C(=O)OC(=O)c1nccs1. The highest BCUT2D eigenvalue weighted by Crippen LogP contribution is 2.18. The van der Waals surface area contributed by atoms with Crippen LogP contribution >= 0.6 is 11.3 Å². The third kappa shape index (κ3) is 2.21. The Kier molecular flexibility index (Phi) is 3.19. The summed E-state index contributed by atoms with van der Waals surface area (Å²) in [6.45, 7) is 2.60. The molecular formula is C10H12N2O3S. The molecule has 1 aromatic rings. The molecule has 86 valence electrons. The molecule has 0 aromatic carbocycles. The van der Waals surface area contributed by atoms with E-state index in [4.69, 9.17) is 4.74 Å². The van der Waals surface area contributed by atoms with Crippen molar-refractivity contribution in [2.45, 2.75) is 25.8 Å². The minimum Gasteiger partial charge on any atom is -0.371 e. The second-order valence-corrected chi connectivity index (χ2v) is 4.57. The maximum atomic E-state index is 11.6. The number of ether oxygens (including phenoxy) is 1. The van der Waals surface area contributed by atoms with Gasteiger partial charge in [-0.15, -0.1) is 11.3 Å². The third-order valence-corrected chi connectivity index (χ3v) is 3.33. The predicted molar refractivity (Wildman–Crippen MR) is 58.3 cm³/mol. The van der Waals surface area contributed by atoms with Crippen molar-refractivity contribution < 1.29 is 14.3 Å². The number of aromatic nitrogens is 1. The summed E-state index contributed by atoms with van der Waals surface area (Å²) in [6.07, 6.45) is 2.86. The first-order chi connectivity index (χ1) is 7.68. The van der Waals surface area contributed by atoms with Gasteiger partial charge in [0, 0.05) is 24.2 Å². The highest BCUT2D eigenvalue weighted by molar-refractivity contribution is 7.11. The fourth-order valence-corrected chi connectivity index (χ4v) is 2.22. The van der Waals surface area contributed by atoms with Crippen LogP contribution in [-0.4, -0.2) is 34.5 Å². The highest BCUT2D eigenvalue weighted by atomic mass is 32.1. The van der Waals surface area contributed by atoms with Crippen LogP contribution in [0.25, 0.3) is 0 Å². The topological polar surface area (TPSA) is 59.5 Å². The number of thiazole rings is 1. The standard InChI is InChI=1S/C10H12N2O3S/c1-7-3-2-5-12(7)10(14)15-9(13)8-11-4-6-16-8/h4,6-7H,2-3,5H2,1H3. The van der Waals surface area contributed by atoms with E-state index in [-0.39, 0.29) is 11.0 Å². The van der Waals surface area contributed by atoms with E-state index in [1.807, 2.05) is 6.92 Å². The Morgan fingerprint density at radius 3 is 3.00 bits per heavy atom. The first-order valence-electron chi connectivity index (χ1n) is 5.11. The van der Waals surface area contributed by atoms with Gasteiger partial charge in [0.2, 0.25) is 5.01 Å². The van der Waals surface area contributed by atoms with Crippen molar-refractivity contribution in [2.24, 2.45) is 0 Å². The van der Waals surface area contributed by atoms with Crippen LogP contribution in [0.15, 0.2) is 11.6 Å². The van der Waals surface area contributed by atoms with Crippen LogP contribution in [0.4, 0.5) is 4.79 Å². The number of likely N-dealkylation sites (tertiary alicyclic amines) is 1. The van der Waals surface area contributed by atoms with Crippen molar-refractivity contribution in [3.05, 3.63) is 16.6 Å². The maximum absolute atomic E-state index is 11.6. The van der Waals surface area contributed by atoms with E-state index in [2.05, 4.69) is 4.98 Å². The average Bonchev–Trinajstić information content (AvgIpc) is 2.86. The number of nitrogens with zero attached hydrogens (tertiary/aromatic N) is 2. The van der Waals surface area contributed by atoms with Gasteiger partial charge in [-0.3, -0.25) is 0 Å². The molecule has 6 heteroatoms. The normalized spacial score (nSPS) is 19.8. The number of carbonyl (C=O) groups is 2. The van der Waals surface area contributed by atoms with E-state index in [9.17, 15) is 9.59 Å². The van der Waals surface area contributed by atoms with Gasteiger partial charge in [0.05, 0.1) is 0 Å². The van der Waals surface area contributed by atoms with Gasteiger partial charge < -0.3 is 9.64 Å². The predicted octanol–water partition coefficient (Wildman–Crippen LogP) is 1.90. The molecule has 0 bridgehead atoms. The van der Waals surface area contributed by atoms with Crippen LogP contribution in [-0.2, 0) is 4.74 Å². The Balaban J connectivity index is 1.95. The van der Waals surface area contributed by atoms with E-state index in [0.29, 0.717) is 6.54 Å². The van der Waals surface area contributed by atoms with Crippen molar-refractivity contribution in [3.63, 3.8) is 0 Å². The fraction of sp³-hybridized carbons (Fsp3) is 0.500. The number of hydrogen-bond acceptors (Lipinski definition) is 5. The zero-order chi connectivity index (χ0) is 11.5. The van der Waals surface area contributed by atoms with E-state index in [1.165, 1.54) is 6.20 Å². The van der Waals surface area contributed by atoms with E-state index >= 15 is 0 Å². The molecule has 1 saturated heterocycles. The minimum absolute atomic E-state index is 0.150. The molecule has 1 fully saturated rings. The summed E-state index contributed by atoms with van der Waals surface area (Å²) in [5.74, 6) is -0.668. The van der Waals surface area contributed by atoms with Crippen LogP contribution in [0, 0.1) is 0 Å². The molecule has 16 heavy (non-hydrogen) atoms. The van der Waals surface area contributed by atoms with Crippen LogP contribution in [0.5, 0.6) is 0 Å². The van der Waals surface area contributed by atoms with Gasteiger partial charge in [-0.2, -0.15) is 0 Å². The Morgan fingerprint density at radius 1 is 1.62 bits per heavy atom. The molecule has 5 nitrogen and oxygen atoms in total. The lowest BCUT2D eigenvalue weighted by molar-refractivity contribution is 0.0537. The summed E-state index contributed by atoms with van der Waals surface area (Å²) in [5.41, 5.74) is 0.